The Bertz CT molecular complexity index is 540. The molecule has 0 bridgehead atoms. The normalized spacial score (nSPS) is 18.9. The molecule has 2 rings (SSSR count). The Morgan fingerprint density at radius 1 is 1.45 bits per heavy atom. The number of carbonyl (C=O) groups excluding carboxylic acids is 2. The predicted octanol–water partition coefficient (Wildman–Crippen LogP) is 1.93. The number of benzene rings is 1. The third kappa shape index (κ3) is 2.69. The van der Waals surface area contributed by atoms with E-state index in [1.54, 1.807) is 0 Å². The van der Waals surface area contributed by atoms with Crippen LogP contribution in [0.2, 0.25) is 10.0 Å². The fourth-order valence-corrected chi connectivity index (χ4v) is 2.72. The van der Waals surface area contributed by atoms with E-state index in [-0.39, 0.29) is 27.5 Å². The summed E-state index contributed by atoms with van der Waals surface area (Å²) in [7, 11) is 0. The average Bonchev–Trinajstić information content (AvgIpc) is 2.43. The number of nitrogens with two attached hydrogens (primary N) is 1. The van der Waals surface area contributed by atoms with Gasteiger partial charge in [0.1, 0.15) is 6.04 Å². The number of amides is 2. The van der Waals surface area contributed by atoms with Crippen molar-refractivity contribution in [2.45, 2.75) is 19.4 Å². The Balaban J connectivity index is 2.33. The zero-order chi connectivity index (χ0) is 14.9. The van der Waals surface area contributed by atoms with Gasteiger partial charge in [-0.1, -0.05) is 30.1 Å². The standard InChI is InChI=1S/C13H15Cl2N3O2/c1-2-10-12(19)17-3-4-18(10)13(20)7-5-8(14)11(16)9(15)6-7/h5-6,10H,2-4,16H2,1H3,(H,17,19). The van der Waals surface area contributed by atoms with E-state index in [0.29, 0.717) is 25.1 Å². The van der Waals surface area contributed by atoms with Crippen molar-refractivity contribution in [3.63, 3.8) is 0 Å². The van der Waals surface area contributed by atoms with Crippen LogP contribution in [0.25, 0.3) is 0 Å². The number of hydrogen-bond donors (Lipinski definition) is 2. The first kappa shape index (κ1) is 14.9. The van der Waals surface area contributed by atoms with Crippen LogP contribution in [0.3, 0.4) is 0 Å². The molecule has 0 aliphatic carbocycles. The first-order valence-electron chi connectivity index (χ1n) is 6.29. The Labute approximate surface area is 127 Å². The lowest BCUT2D eigenvalue weighted by Gasteiger charge is -2.34. The first-order chi connectivity index (χ1) is 9.45. The zero-order valence-corrected chi connectivity index (χ0v) is 12.5. The lowest BCUT2D eigenvalue weighted by molar-refractivity contribution is -0.127. The SMILES string of the molecule is CCC1C(=O)NCCN1C(=O)c1cc(Cl)c(N)c(Cl)c1. The molecule has 1 aromatic carbocycles. The second kappa shape index (κ2) is 5.89. The van der Waals surface area contributed by atoms with Gasteiger partial charge in [-0.2, -0.15) is 0 Å². The monoisotopic (exact) mass is 315 g/mol. The van der Waals surface area contributed by atoms with E-state index in [0.717, 1.165) is 0 Å². The highest BCUT2D eigenvalue weighted by molar-refractivity contribution is 6.39. The van der Waals surface area contributed by atoms with Gasteiger partial charge in [0.05, 0.1) is 15.7 Å². The molecule has 5 nitrogen and oxygen atoms in total. The maximum absolute atomic E-state index is 12.5. The van der Waals surface area contributed by atoms with Crippen LogP contribution in [0.1, 0.15) is 23.7 Å². The van der Waals surface area contributed by atoms with Crippen molar-refractivity contribution in [1.82, 2.24) is 10.2 Å². The number of nitrogens with zero attached hydrogens (tertiary/aromatic N) is 1. The summed E-state index contributed by atoms with van der Waals surface area (Å²) < 4.78 is 0. The van der Waals surface area contributed by atoms with E-state index in [4.69, 9.17) is 28.9 Å². The Morgan fingerprint density at radius 2 is 2.05 bits per heavy atom. The van der Waals surface area contributed by atoms with Gasteiger partial charge in [-0.15, -0.1) is 0 Å². The van der Waals surface area contributed by atoms with Crippen LogP contribution < -0.4 is 11.1 Å². The Kier molecular flexibility index (Phi) is 4.40. The molecule has 1 aliphatic heterocycles. The van der Waals surface area contributed by atoms with Gasteiger partial charge in [-0.25, -0.2) is 0 Å². The van der Waals surface area contributed by atoms with Crippen molar-refractivity contribution in [1.29, 1.82) is 0 Å². The quantitative estimate of drug-likeness (QED) is 0.819. The van der Waals surface area contributed by atoms with Gasteiger partial charge in [0.25, 0.3) is 5.91 Å². The van der Waals surface area contributed by atoms with E-state index in [2.05, 4.69) is 5.32 Å². The Morgan fingerprint density at radius 3 is 2.60 bits per heavy atom. The summed E-state index contributed by atoms with van der Waals surface area (Å²) >= 11 is 11.9. The van der Waals surface area contributed by atoms with Gasteiger partial charge in [0, 0.05) is 18.7 Å². The van der Waals surface area contributed by atoms with E-state index < -0.39 is 6.04 Å². The molecule has 3 N–H and O–H groups in total. The van der Waals surface area contributed by atoms with E-state index >= 15 is 0 Å². The van der Waals surface area contributed by atoms with Crippen molar-refractivity contribution in [3.8, 4) is 0 Å². The fourth-order valence-electron chi connectivity index (χ4n) is 2.24. The highest BCUT2D eigenvalue weighted by Gasteiger charge is 2.32. The molecule has 0 aromatic heterocycles. The summed E-state index contributed by atoms with van der Waals surface area (Å²) in [6.07, 6.45) is 0.550. The third-order valence-corrected chi connectivity index (χ3v) is 3.93. The molecule has 1 unspecified atom stereocenters. The Hall–Kier alpha value is -1.46. The van der Waals surface area contributed by atoms with Crippen molar-refractivity contribution >= 4 is 40.7 Å². The molecule has 2 amide bonds. The molecule has 0 spiro atoms. The van der Waals surface area contributed by atoms with Gasteiger partial charge in [-0.3, -0.25) is 9.59 Å². The van der Waals surface area contributed by atoms with Crippen molar-refractivity contribution in [2.75, 3.05) is 18.8 Å². The highest BCUT2D eigenvalue weighted by atomic mass is 35.5. The number of hydrogen-bond acceptors (Lipinski definition) is 3. The minimum atomic E-state index is -0.466. The average molecular weight is 316 g/mol. The van der Waals surface area contributed by atoms with Crippen molar-refractivity contribution < 1.29 is 9.59 Å². The molecular weight excluding hydrogens is 301 g/mol. The van der Waals surface area contributed by atoms with Crippen LogP contribution in [0, 0.1) is 0 Å². The van der Waals surface area contributed by atoms with Crippen LogP contribution in [-0.2, 0) is 4.79 Å². The molecule has 1 aliphatic rings. The predicted molar refractivity (Wildman–Crippen MR) is 79.0 cm³/mol. The van der Waals surface area contributed by atoms with Gasteiger partial charge in [0.2, 0.25) is 5.91 Å². The van der Waals surface area contributed by atoms with Crippen molar-refractivity contribution in [3.05, 3.63) is 27.7 Å². The summed E-state index contributed by atoms with van der Waals surface area (Å²) in [6, 6.07) is 2.49. The number of nitrogen functional groups attached to an aromatic ring is 1. The summed E-state index contributed by atoms with van der Waals surface area (Å²) in [4.78, 5) is 25.8. The molecule has 20 heavy (non-hydrogen) atoms. The topological polar surface area (TPSA) is 75.4 Å². The maximum Gasteiger partial charge on any atom is 0.254 e. The molecule has 1 heterocycles. The molecule has 0 saturated carbocycles. The number of halogens is 2. The minimum Gasteiger partial charge on any atom is -0.396 e. The summed E-state index contributed by atoms with van der Waals surface area (Å²) in [5.74, 6) is -0.407. The van der Waals surface area contributed by atoms with E-state index in [9.17, 15) is 9.59 Å². The molecule has 0 radical (unpaired) electrons. The highest BCUT2D eigenvalue weighted by Crippen LogP contribution is 2.29. The summed E-state index contributed by atoms with van der Waals surface area (Å²) in [5.41, 5.74) is 6.23. The van der Waals surface area contributed by atoms with E-state index in [1.165, 1.54) is 17.0 Å². The van der Waals surface area contributed by atoms with Gasteiger partial charge >= 0.3 is 0 Å². The summed E-state index contributed by atoms with van der Waals surface area (Å²) in [6.45, 7) is 2.76. The lowest BCUT2D eigenvalue weighted by atomic mass is 10.1. The van der Waals surface area contributed by atoms with Crippen LogP contribution in [-0.4, -0.2) is 35.8 Å². The van der Waals surface area contributed by atoms with Crippen LogP contribution >= 0.6 is 23.2 Å². The van der Waals surface area contributed by atoms with Crippen molar-refractivity contribution in [2.24, 2.45) is 0 Å². The number of nitrogens with one attached hydrogen (secondary N) is 1. The number of rotatable bonds is 2. The fraction of sp³-hybridized carbons (Fsp3) is 0.385. The van der Waals surface area contributed by atoms with Crippen LogP contribution in [0.5, 0.6) is 0 Å². The molecule has 1 aromatic rings. The van der Waals surface area contributed by atoms with Gasteiger partial charge in [0.15, 0.2) is 0 Å². The van der Waals surface area contributed by atoms with Crippen LogP contribution in [0.4, 0.5) is 5.69 Å². The van der Waals surface area contributed by atoms with Gasteiger partial charge < -0.3 is 16.0 Å². The molecule has 1 saturated heterocycles. The molecule has 1 atom stereocenters. The minimum absolute atomic E-state index is 0.139. The molecule has 7 heteroatoms. The third-order valence-electron chi connectivity index (χ3n) is 3.30. The number of anilines is 1. The van der Waals surface area contributed by atoms with E-state index in [1.807, 2.05) is 6.92 Å². The smallest absolute Gasteiger partial charge is 0.254 e. The zero-order valence-electron chi connectivity index (χ0n) is 11.0. The van der Waals surface area contributed by atoms with Gasteiger partial charge in [-0.05, 0) is 18.6 Å². The second-order valence-corrected chi connectivity index (χ2v) is 5.38. The molecule has 1 fully saturated rings. The molecule has 108 valence electrons. The summed E-state index contributed by atoms with van der Waals surface area (Å²) in [5, 5.41) is 3.21. The van der Waals surface area contributed by atoms with Crippen LogP contribution in [0.15, 0.2) is 12.1 Å². The molecular formula is C13H15Cl2N3O2. The maximum atomic E-state index is 12.5. The largest absolute Gasteiger partial charge is 0.396 e. The second-order valence-electron chi connectivity index (χ2n) is 4.57. The first-order valence-corrected chi connectivity index (χ1v) is 7.04. The number of piperazine rings is 1. The number of carbonyl (C=O) groups is 2. The lowest BCUT2D eigenvalue weighted by Crippen LogP contribution is -2.56.